The molecule has 1 heterocycles. The van der Waals surface area contributed by atoms with Crippen LogP contribution in [0.3, 0.4) is 0 Å². The summed E-state index contributed by atoms with van der Waals surface area (Å²) in [6.07, 6.45) is 0. The van der Waals surface area contributed by atoms with Gasteiger partial charge >= 0.3 is 5.97 Å². The molecule has 18 heavy (non-hydrogen) atoms. The number of rotatable bonds is 2. The average Bonchev–Trinajstić information content (AvgIpc) is 2.57. The highest BCUT2D eigenvalue weighted by atomic mass is 32.1. The van der Waals surface area contributed by atoms with Gasteiger partial charge in [-0.1, -0.05) is 23.8 Å². The minimum atomic E-state index is -0.961. The Labute approximate surface area is 110 Å². The van der Waals surface area contributed by atoms with Gasteiger partial charge in [0, 0.05) is 4.88 Å². The predicted octanol–water partition coefficient (Wildman–Crippen LogP) is 3.62. The molecule has 0 unspecified atom stereocenters. The zero-order valence-electron chi connectivity index (χ0n) is 10.6. The first-order valence-electron chi connectivity index (χ1n) is 5.61. The second kappa shape index (κ2) is 4.46. The van der Waals surface area contributed by atoms with Crippen LogP contribution < -0.4 is 5.73 Å². The van der Waals surface area contributed by atoms with Crippen LogP contribution in [0.1, 0.15) is 26.4 Å². The molecule has 0 fully saturated rings. The normalized spacial score (nSPS) is 10.6. The second-order valence-corrected chi connectivity index (χ2v) is 5.44. The lowest BCUT2D eigenvalue weighted by Gasteiger charge is -2.06. The van der Waals surface area contributed by atoms with Gasteiger partial charge in [-0.05, 0) is 37.5 Å². The summed E-state index contributed by atoms with van der Waals surface area (Å²) >= 11 is 1.24. The number of carbonyl (C=O) groups is 1. The summed E-state index contributed by atoms with van der Waals surface area (Å²) in [6, 6.07) is 6.14. The van der Waals surface area contributed by atoms with Gasteiger partial charge in [0.1, 0.15) is 4.88 Å². The topological polar surface area (TPSA) is 63.3 Å². The molecule has 0 bridgehead atoms. The smallest absolute Gasteiger partial charge is 0.348 e. The Hall–Kier alpha value is -1.81. The van der Waals surface area contributed by atoms with Crippen molar-refractivity contribution in [1.29, 1.82) is 0 Å². The van der Waals surface area contributed by atoms with Gasteiger partial charge in [0.2, 0.25) is 0 Å². The monoisotopic (exact) mass is 261 g/mol. The Bertz CT molecular complexity index is 629. The highest BCUT2D eigenvalue weighted by Crippen LogP contribution is 2.39. The van der Waals surface area contributed by atoms with Gasteiger partial charge in [0.15, 0.2) is 0 Å². The lowest BCUT2D eigenvalue weighted by Crippen LogP contribution is -1.97. The standard InChI is InChI=1S/C14H15NO2S/c1-7-4-5-10(8(2)6-7)12-9(3)11(15)13(18-12)14(16)17/h4-6H,15H2,1-3H3,(H,16,17). The first-order chi connectivity index (χ1) is 8.41. The van der Waals surface area contributed by atoms with E-state index in [-0.39, 0.29) is 4.88 Å². The number of carboxylic acid groups (broad SMARTS) is 1. The molecule has 0 amide bonds. The number of thiophene rings is 1. The molecule has 0 radical (unpaired) electrons. The molecule has 1 aromatic carbocycles. The fourth-order valence-corrected chi connectivity index (χ4v) is 3.17. The minimum Gasteiger partial charge on any atom is -0.477 e. The summed E-state index contributed by atoms with van der Waals surface area (Å²) in [6.45, 7) is 5.93. The average molecular weight is 261 g/mol. The number of carboxylic acids is 1. The molecule has 0 aliphatic heterocycles. The molecule has 3 N–H and O–H groups in total. The van der Waals surface area contributed by atoms with Crippen LogP contribution in [0, 0.1) is 20.8 Å². The lowest BCUT2D eigenvalue weighted by atomic mass is 10.0. The minimum absolute atomic E-state index is 0.225. The molecule has 4 heteroatoms. The van der Waals surface area contributed by atoms with Crippen LogP contribution >= 0.6 is 11.3 Å². The second-order valence-electron chi connectivity index (χ2n) is 4.42. The highest BCUT2D eigenvalue weighted by molar-refractivity contribution is 7.18. The Kier molecular flexibility index (Phi) is 3.13. The van der Waals surface area contributed by atoms with E-state index in [0.717, 1.165) is 21.6 Å². The number of benzene rings is 1. The van der Waals surface area contributed by atoms with Crippen molar-refractivity contribution in [3.63, 3.8) is 0 Å². The van der Waals surface area contributed by atoms with E-state index in [9.17, 15) is 4.79 Å². The van der Waals surface area contributed by atoms with E-state index < -0.39 is 5.97 Å². The summed E-state index contributed by atoms with van der Waals surface area (Å²) in [5, 5.41) is 9.09. The molecule has 0 saturated heterocycles. The summed E-state index contributed by atoms with van der Waals surface area (Å²) in [5.74, 6) is -0.961. The molecule has 2 aromatic rings. The zero-order valence-corrected chi connectivity index (χ0v) is 11.4. The summed E-state index contributed by atoms with van der Waals surface area (Å²) in [5.41, 5.74) is 10.5. The molecule has 1 aromatic heterocycles. The van der Waals surface area contributed by atoms with Gasteiger partial charge in [0.05, 0.1) is 5.69 Å². The third-order valence-electron chi connectivity index (χ3n) is 3.01. The Morgan fingerprint density at radius 2 is 1.94 bits per heavy atom. The first-order valence-corrected chi connectivity index (χ1v) is 6.43. The van der Waals surface area contributed by atoms with Crippen molar-refractivity contribution < 1.29 is 9.90 Å². The number of hydrogen-bond acceptors (Lipinski definition) is 3. The third-order valence-corrected chi connectivity index (χ3v) is 4.34. The largest absolute Gasteiger partial charge is 0.477 e. The van der Waals surface area contributed by atoms with Crippen molar-refractivity contribution >= 4 is 23.0 Å². The molecule has 0 spiro atoms. The van der Waals surface area contributed by atoms with Gasteiger partial charge in [-0.15, -0.1) is 11.3 Å². The van der Waals surface area contributed by atoms with Crippen LogP contribution in [0.4, 0.5) is 5.69 Å². The maximum atomic E-state index is 11.1. The van der Waals surface area contributed by atoms with E-state index in [1.165, 1.54) is 16.9 Å². The van der Waals surface area contributed by atoms with Crippen LogP contribution in [-0.2, 0) is 0 Å². The number of aryl methyl sites for hydroxylation is 2. The first kappa shape index (κ1) is 12.6. The van der Waals surface area contributed by atoms with Crippen molar-refractivity contribution in [2.24, 2.45) is 0 Å². The van der Waals surface area contributed by atoms with E-state index in [1.54, 1.807) is 0 Å². The van der Waals surface area contributed by atoms with Gasteiger partial charge in [-0.3, -0.25) is 0 Å². The van der Waals surface area contributed by atoms with Gasteiger partial charge in [0.25, 0.3) is 0 Å². The van der Waals surface area contributed by atoms with Crippen LogP contribution in [0.2, 0.25) is 0 Å². The van der Waals surface area contributed by atoms with Crippen molar-refractivity contribution in [2.75, 3.05) is 5.73 Å². The summed E-state index contributed by atoms with van der Waals surface area (Å²) in [7, 11) is 0. The maximum absolute atomic E-state index is 11.1. The van der Waals surface area contributed by atoms with Crippen molar-refractivity contribution in [1.82, 2.24) is 0 Å². The van der Waals surface area contributed by atoms with Crippen LogP contribution in [-0.4, -0.2) is 11.1 Å². The number of nitrogen functional groups attached to an aromatic ring is 1. The molecular formula is C14H15NO2S. The molecule has 2 rings (SSSR count). The highest BCUT2D eigenvalue weighted by Gasteiger charge is 2.19. The predicted molar refractivity (Wildman–Crippen MR) is 75.3 cm³/mol. The molecule has 0 aliphatic rings. The number of nitrogens with two attached hydrogens (primary N) is 1. The molecule has 3 nitrogen and oxygen atoms in total. The van der Waals surface area contributed by atoms with E-state index in [1.807, 2.05) is 32.9 Å². The van der Waals surface area contributed by atoms with Crippen molar-refractivity contribution in [2.45, 2.75) is 20.8 Å². The van der Waals surface area contributed by atoms with E-state index in [2.05, 4.69) is 6.07 Å². The fraction of sp³-hybridized carbons (Fsp3) is 0.214. The van der Waals surface area contributed by atoms with Crippen molar-refractivity contribution in [3.05, 3.63) is 39.8 Å². The number of hydrogen-bond donors (Lipinski definition) is 2. The summed E-state index contributed by atoms with van der Waals surface area (Å²) < 4.78 is 0. The zero-order chi connectivity index (χ0) is 13.4. The quantitative estimate of drug-likeness (QED) is 0.867. The Morgan fingerprint density at radius 1 is 1.28 bits per heavy atom. The number of anilines is 1. The van der Waals surface area contributed by atoms with E-state index in [0.29, 0.717) is 5.69 Å². The summed E-state index contributed by atoms with van der Waals surface area (Å²) in [4.78, 5) is 12.3. The van der Waals surface area contributed by atoms with Crippen molar-refractivity contribution in [3.8, 4) is 10.4 Å². The van der Waals surface area contributed by atoms with Gasteiger partial charge in [-0.25, -0.2) is 4.79 Å². The van der Waals surface area contributed by atoms with Gasteiger partial charge < -0.3 is 10.8 Å². The SMILES string of the molecule is Cc1ccc(-c2sc(C(=O)O)c(N)c2C)c(C)c1. The van der Waals surface area contributed by atoms with E-state index >= 15 is 0 Å². The van der Waals surface area contributed by atoms with E-state index in [4.69, 9.17) is 10.8 Å². The van der Waals surface area contributed by atoms with Gasteiger partial charge in [-0.2, -0.15) is 0 Å². The third kappa shape index (κ3) is 1.99. The van der Waals surface area contributed by atoms with Crippen LogP contribution in [0.15, 0.2) is 18.2 Å². The molecule has 0 atom stereocenters. The Morgan fingerprint density at radius 3 is 2.44 bits per heavy atom. The van der Waals surface area contributed by atoms with Crippen LogP contribution in [0.25, 0.3) is 10.4 Å². The molecule has 0 aliphatic carbocycles. The van der Waals surface area contributed by atoms with Crippen LogP contribution in [0.5, 0.6) is 0 Å². The fourth-order valence-electron chi connectivity index (χ4n) is 2.01. The number of aromatic carboxylic acids is 1. The Balaban J connectivity index is 2.64. The lowest BCUT2D eigenvalue weighted by molar-refractivity contribution is 0.0703. The maximum Gasteiger partial charge on any atom is 0.348 e. The molecule has 0 saturated carbocycles. The molecule has 94 valence electrons. The molecular weight excluding hydrogens is 246 g/mol.